The number of carbonyl (C=O) groups excluding carboxylic acids is 7. The zero-order chi connectivity index (χ0) is 47.7. The van der Waals surface area contributed by atoms with Gasteiger partial charge in [-0.1, -0.05) is 25.0 Å². The second-order valence-electron chi connectivity index (χ2n) is 17.1. The van der Waals surface area contributed by atoms with Gasteiger partial charge in [-0.15, -0.1) is 11.8 Å². The molecule has 0 bridgehead atoms. The molecular weight excluding hydrogens is 891 g/mol. The van der Waals surface area contributed by atoms with E-state index >= 15 is 0 Å². The number of anilines is 1. The van der Waals surface area contributed by atoms with E-state index < -0.39 is 29.7 Å². The van der Waals surface area contributed by atoms with E-state index in [0.717, 1.165) is 61.3 Å². The van der Waals surface area contributed by atoms with Crippen molar-refractivity contribution >= 4 is 64.9 Å². The number of benzene rings is 2. The van der Waals surface area contributed by atoms with E-state index in [1.807, 2.05) is 46.2 Å². The minimum atomic E-state index is -1.01. The molecular formula is C50H61N7O10S. The number of amides is 7. The summed E-state index contributed by atoms with van der Waals surface area (Å²) >= 11 is 1.39. The van der Waals surface area contributed by atoms with E-state index in [1.165, 1.54) is 17.8 Å². The summed E-state index contributed by atoms with van der Waals surface area (Å²) in [6.07, 6.45) is 12.2. The van der Waals surface area contributed by atoms with Crippen LogP contribution in [-0.4, -0.2) is 158 Å². The van der Waals surface area contributed by atoms with Crippen molar-refractivity contribution in [2.75, 3.05) is 96.1 Å². The average molecular weight is 952 g/mol. The second kappa shape index (κ2) is 25.4. The van der Waals surface area contributed by atoms with E-state index in [-0.39, 0.29) is 41.7 Å². The van der Waals surface area contributed by atoms with Crippen molar-refractivity contribution < 1.29 is 47.8 Å². The Hall–Kier alpha value is -5.95. The highest BCUT2D eigenvalue weighted by Crippen LogP contribution is 2.34. The number of aromatic nitrogens is 1. The van der Waals surface area contributed by atoms with Gasteiger partial charge in [0.2, 0.25) is 23.6 Å². The number of piperidine rings is 2. The normalized spacial score (nSPS) is 17.8. The maximum atomic E-state index is 13.3. The Bertz CT molecular complexity index is 2260. The number of nitrogens with one attached hydrogen (secondary N) is 2. The van der Waals surface area contributed by atoms with Crippen molar-refractivity contribution in [2.24, 2.45) is 5.92 Å². The first-order valence-corrected chi connectivity index (χ1v) is 24.6. The third kappa shape index (κ3) is 13.8. The Balaban J connectivity index is 0.681. The van der Waals surface area contributed by atoms with Crippen LogP contribution in [0.2, 0.25) is 0 Å². The summed E-state index contributed by atoms with van der Waals surface area (Å²) in [4.78, 5) is 100. The van der Waals surface area contributed by atoms with Crippen LogP contribution in [0.4, 0.5) is 5.69 Å². The van der Waals surface area contributed by atoms with Crippen LogP contribution in [0.5, 0.6) is 0 Å². The molecule has 0 aliphatic carbocycles. The van der Waals surface area contributed by atoms with Crippen molar-refractivity contribution in [3.63, 3.8) is 0 Å². The summed E-state index contributed by atoms with van der Waals surface area (Å²) in [7, 11) is 0. The predicted octanol–water partition coefficient (Wildman–Crippen LogP) is 4.22. The smallest absolute Gasteiger partial charge is 0.263 e. The minimum Gasteiger partial charge on any atom is -0.379 e. The summed E-state index contributed by atoms with van der Waals surface area (Å²) in [6.45, 7) is 6.93. The molecule has 1 unspecified atom stereocenters. The van der Waals surface area contributed by atoms with Gasteiger partial charge in [0.25, 0.3) is 17.7 Å². The molecule has 4 aliphatic rings. The molecule has 2 aromatic carbocycles. The lowest BCUT2D eigenvalue weighted by molar-refractivity contribution is -0.136. The van der Waals surface area contributed by atoms with E-state index in [9.17, 15) is 33.6 Å². The first kappa shape index (κ1) is 49.9. The zero-order valence-electron chi connectivity index (χ0n) is 38.4. The molecule has 3 saturated heterocycles. The number of piperazine rings is 1. The highest BCUT2D eigenvalue weighted by Gasteiger charge is 2.45. The van der Waals surface area contributed by atoms with Crippen molar-refractivity contribution in [1.82, 2.24) is 30.3 Å². The number of nitrogens with zero attached hydrogens (tertiary/aromatic N) is 5. The molecule has 68 heavy (non-hydrogen) atoms. The van der Waals surface area contributed by atoms with Crippen molar-refractivity contribution in [2.45, 2.75) is 62.3 Å². The number of carbonyl (C=O) groups is 7. The highest BCUT2D eigenvalue weighted by molar-refractivity contribution is 7.99. The second-order valence-corrected chi connectivity index (χ2v) is 18.3. The number of imide groups is 2. The molecule has 0 spiro atoms. The first-order valence-electron chi connectivity index (χ1n) is 23.6. The maximum Gasteiger partial charge on any atom is 0.263 e. The van der Waals surface area contributed by atoms with Gasteiger partial charge in [0.05, 0.1) is 57.2 Å². The Labute approximate surface area is 401 Å². The van der Waals surface area contributed by atoms with Gasteiger partial charge < -0.3 is 34.2 Å². The van der Waals surface area contributed by atoms with E-state index in [0.29, 0.717) is 101 Å². The summed E-state index contributed by atoms with van der Waals surface area (Å²) in [5.74, 6) is -0.983. The van der Waals surface area contributed by atoms with Crippen molar-refractivity contribution in [3.05, 3.63) is 95.3 Å². The fraction of sp³-hybridized carbons (Fsp3) is 0.480. The number of hydrogen-bond donors (Lipinski definition) is 2. The SMILES string of the molecule is O=C(/C=C/c1cccnc1)NCCCCC1CCN(C(=O)c2ccc(N3CCN(C(=O)CCOCCOCCOCCSc4cccc5c4C(=O)N(C4CCC(=O)NC4=O)C5=O)CC3)cc2)CC1. The number of fused-ring (bicyclic) bond motifs is 1. The topological polar surface area (TPSA) is 197 Å². The molecule has 1 aromatic heterocycles. The molecule has 17 nitrogen and oxygen atoms in total. The Morgan fingerprint density at radius 2 is 1.51 bits per heavy atom. The molecule has 0 radical (unpaired) electrons. The lowest BCUT2D eigenvalue weighted by Gasteiger charge is -2.36. The summed E-state index contributed by atoms with van der Waals surface area (Å²) in [5, 5.41) is 5.16. The Morgan fingerprint density at radius 1 is 0.779 bits per heavy atom. The van der Waals surface area contributed by atoms with Crippen LogP contribution in [0.1, 0.15) is 88.0 Å². The van der Waals surface area contributed by atoms with Gasteiger partial charge in [-0.3, -0.25) is 48.8 Å². The molecule has 362 valence electrons. The number of unbranched alkanes of at least 4 members (excludes halogenated alkanes) is 1. The molecule has 2 N–H and O–H groups in total. The predicted molar refractivity (Wildman–Crippen MR) is 255 cm³/mol. The van der Waals surface area contributed by atoms with Crippen molar-refractivity contribution in [1.29, 1.82) is 0 Å². The van der Waals surface area contributed by atoms with E-state index in [2.05, 4.69) is 20.5 Å². The molecule has 3 aromatic rings. The lowest BCUT2D eigenvalue weighted by atomic mass is 9.91. The van der Waals surface area contributed by atoms with Gasteiger partial charge in [0, 0.05) is 92.6 Å². The van der Waals surface area contributed by atoms with Gasteiger partial charge >= 0.3 is 0 Å². The first-order chi connectivity index (χ1) is 33.2. The number of ether oxygens (including phenoxy) is 3. The molecule has 18 heteroatoms. The van der Waals surface area contributed by atoms with Crippen LogP contribution in [0.3, 0.4) is 0 Å². The number of likely N-dealkylation sites (tertiary alicyclic amines) is 1. The van der Waals surface area contributed by atoms with Crippen LogP contribution >= 0.6 is 11.8 Å². The fourth-order valence-corrected chi connectivity index (χ4v) is 9.72. The van der Waals surface area contributed by atoms with Crippen LogP contribution in [0.15, 0.2) is 78.0 Å². The molecule has 0 saturated carbocycles. The Kier molecular flexibility index (Phi) is 18.7. The quantitative estimate of drug-likeness (QED) is 0.0594. The van der Waals surface area contributed by atoms with Gasteiger partial charge in [-0.05, 0) is 85.7 Å². The maximum absolute atomic E-state index is 13.3. The number of pyridine rings is 1. The van der Waals surface area contributed by atoms with E-state index in [4.69, 9.17) is 14.2 Å². The van der Waals surface area contributed by atoms with Crippen molar-refractivity contribution in [3.8, 4) is 0 Å². The molecule has 4 aliphatic heterocycles. The Morgan fingerprint density at radius 3 is 2.24 bits per heavy atom. The van der Waals surface area contributed by atoms with Crippen LogP contribution in [0.25, 0.3) is 6.08 Å². The summed E-state index contributed by atoms with van der Waals surface area (Å²) in [6, 6.07) is 15.6. The van der Waals surface area contributed by atoms with E-state index in [1.54, 1.807) is 36.7 Å². The lowest BCUT2D eigenvalue weighted by Crippen LogP contribution is -2.54. The number of hydrogen-bond acceptors (Lipinski definition) is 13. The molecule has 5 heterocycles. The minimum absolute atomic E-state index is 0.0548. The molecule has 3 fully saturated rings. The van der Waals surface area contributed by atoms with Gasteiger partial charge in [-0.2, -0.15) is 0 Å². The van der Waals surface area contributed by atoms with Crippen LogP contribution < -0.4 is 15.5 Å². The average Bonchev–Trinajstić information content (AvgIpc) is 3.62. The van der Waals surface area contributed by atoms with Crippen LogP contribution in [-0.2, 0) is 33.4 Å². The monoisotopic (exact) mass is 951 g/mol. The van der Waals surface area contributed by atoms with Gasteiger partial charge in [-0.25, -0.2) is 0 Å². The zero-order valence-corrected chi connectivity index (χ0v) is 39.3. The number of rotatable bonds is 23. The third-order valence-corrected chi connectivity index (χ3v) is 13.6. The highest BCUT2D eigenvalue weighted by atomic mass is 32.2. The largest absolute Gasteiger partial charge is 0.379 e. The fourth-order valence-electron chi connectivity index (χ4n) is 8.79. The molecule has 7 rings (SSSR count). The molecule has 1 atom stereocenters. The van der Waals surface area contributed by atoms with Crippen LogP contribution in [0, 0.1) is 5.92 Å². The number of thioether (sulfide) groups is 1. The summed E-state index contributed by atoms with van der Waals surface area (Å²) < 4.78 is 16.9. The summed E-state index contributed by atoms with van der Waals surface area (Å²) in [5.41, 5.74) is 3.14. The molecule has 7 amide bonds. The standard InChI is InChI=1S/C50H61N7O10S/c58-43(15-9-37-6-4-20-51-35-37)52-21-2-1-5-36-17-22-56(23-18-36)48(62)38-10-12-39(13-11-38)54-24-26-55(27-25-54)45(60)19-28-65-29-30-66-31-32-67-33-34-68-42-8-3-7-40-46(42)50(64)57(49(40)63)41-14-16-44(59)53-47(41)61/h3-4,6-13,15,20,35-36,41H,1-2,5,14,16-19,21-34H2,(H,52,58)(H,53,59,61)/b15-9+. The van der Waals surface area contributed by atoms with Gasteiger partial charge in [0.1, 0.15) is 6.04 Å². The third-order valence-electron chi connectivity index (χ3n) is 12.6. The van der Waals surface area contributed by atoms with Gasteiger partial charge in [0.15, 0.2) is 0 Å².